The number of rotatable bonds is 6. The van der Waals surface area contributed by atoms with E-state index < -0.39 is 0 Å². The van der Waals surface area contributed by atoms with Gasteiger partial charge in [-0.1, -0.05) is 17.7 Å². The lowest BCUT2D eigenvalue weighted by Crippen LogP contribution is -2.10. The highest BCUT2D eigenvalue weighted by Gasteiger charge is 2.07. The van der Waals surface area contributed by atoms with Gasteiger partial charge < -0.3 is 14.2 Å². The standard InChI is InChI=1S/C18H21ClO3/c1-12-5-7-17(18(11-12)20-4)22-10-9-21-16-8-6-15(19)13(2)14(16)3/h5-8,11H,9-10H2,1-4H3. The maximum Gasteiger partial charge on any atom is 0.161 e. The Kier molecular flexibility index (Phi) is 5.56. The molecule has 0 fully saturated rings. The van der Waals surface area contributed by atoms with E-state index >= 15 is 0 Å². The summed E-state index contributed by atoms with van der Waals surface area (Å²) < 4.78 is 16.8. The Morgan fingerprint density at radius 3 is 2.14 bits per heavy atom. The Morgan fingerprint density at radius 2 is 1.45 bits per heavy atom. The van der Waals surface area contributed by atoms with Gasteiger partial charge in [-0.05, 0) is 61.7 Å². The van der Waals surface area contributed by atoms with Crippen molar-refractivity contribution in [2.75, 3.05) is 20.3 Å². The Hall–Kier alpha value is -1.87. The number of halogens is 1. The SMILES string of the molecule is COc1cc(C)ccc1OCCOc1ccc(Cl)c(C)c1C. The largest absolute Gasteiger partial charge is 0.493 e. The number of methoxy groups -OCH3 is 1. The quantitative estimate of drug-likeness (QED) is 0.720. The van der Waals surface area contributed by atoms with Gasteiger partial charge in [0, 0.05) is 5.02 Å². The Morgan fingerprint density at radius 1 is 0.818 bits per heavy atom. The third-order valence-corrected chi connectivity index (χ3v) is 4.00. The molecule has 0 aliphatic carbocycles. The van der Waals surface area contributed by atoms with Crippen molar-refractivity contribution in [3.8, 4) is 17.2 Å². The van der Waals surface area contributed by atoms with Crippen molar-refractivity contribution in [1.29, 1.82) is 0 Å². The monoisotopic (exact) mass is 320 g/mol. The lowest BCUT2D eigenvalue weighted by Gasteiger charge is -2.14. The first-order valence-corrected chi connectivity index (χ1v) is 7.56. The molecule has 0 aliphatic rings. The predicted molar refractivity (Wildman–Crippen MR) is 89.6 cm³/mol. The first kappa shape index (κ1) is 16.5. The van der Waals surface area contributed by atoms with Crippen LogP contribution in [0.25, 0.3) is 0 Å². The Labute approximate surface area is 136 Å². The van der Waals surface area contributed by atoms with Gasteiger partial charge in [-0.3, -0.25) is 0 Å². The molecule has 0 radical (unpaired) electrons. The number of ether oxygens (including phenoxy) is 3. The minimum absolute atomic E-state index is 0.445. The maximum absolute atomic E-state index is 6.08. The van der Waals surface area contributed by atoms with Crippen LogP contribution in [0.3, 0.4) is 0 Å². The van der Waals surface area contributed by atoms with Crippen molar-refractivity contribution in [2.24, 2.45) is 0 Å². The second-order valence-corrected chi connectivity index (χ2v) is 5.55. The number of hydrogen-bond donors (Lipinski definition) is 0. The van der Waals surface area contributed by atoms with Crippen LogP contribution in [0.5, 0.6) is 17.2 Å². The zero-order chi connectivity index (χ0) is 16.1. The van der Waals surface area contributed by atoms with Crippen molar-refractivity contribution in [1.82, 2.24) is 0 Å². The smallest absolute Gasteiger partial charge is 0.161 e. The molecule has 0 saturated heterocycles. The number of aryl methyl sites for hydroxylation is 1. The minimum Gasteiger partial charge on any atom is -0.493 e. The van der Waals surface area contributed by atoms with Crippen molar-refractivity contribution >= 4 is 11.6 Å². The van der Waals surface area contributed by atoms with Gasteiger partial charge in [-0.15, -0.1) is 0 Å². The zero-order valence-corrected chi connectivity index (χ0v) is 14.2. The van der Waals surface area contributed by atoms with E-state index in [0.717, 1.165) is 39.0 Å². The van der Waals surface area contributed by atoms with Crippen LogP contribution in [0, 0.1) is 20.8 Å². The fourth-order valence-corrected chi connectivity index (χ4v) is 2.32. The van der Waals surface area contributed by atoms with E-state index in [9.17, 15) is 0 Å². The summed E-state index contributed by atoms with van der Waals surface area (Å²) in [7, 11) is 1.64. The van der Waals surface area contributed by atoms with Crippen LogP contribution in [0.2, 0.25) is 5.02 Å². The average molecular weight is 321 g/mol. The van der Waals surface area contributed by atoms with Gasteiger partial charge in [-0.25, -0.2) is 0 Å². The van der Waals surface area contributed by atoms with E-state index in [1.165, 1.54) is 0 Å². The van der Waals surface area contributed by atoms with E-state index in [1.54, 1.807) is 7.11 Å². The molecule has 0 atom stereocenters. The summed E-state index contributed by atoms with van der Waals surface area (Å²) in [5, 5.41) is 0.755. The Balaban J connectivity index is 1.91. The van der Waals surface area contributed by atoms with Crippen molar-refractivity contribution in [3.05, 3.63) is 52.0 Å². The lowest BCUT2D eigenvalue weighted by molar-refractivity contribution is 0.210. The molecule has 2 rings (SSSR count). The molecule has 0 bridgehead atoms. The molecule has 22 heavy (non-hydrogen) atoms. The van der Waals surface area contributed by atoms with Crippen LogP contribution in [0.1, 0.15) is 16.7 Å². The molecule has 2 aromatic carbocycles. The van der Waals surface area contributed by atoms with Crippen molar-refractivity contribution in [2.45, 2.75) is 20.8 Å². The van der Waals surface area contributed by atoms with Gasteiger partial charge >= 0.3 is 0 Å². The molecule has 2 aromatic rings. The minimum atomic E-state index is 0.445. The molecule has 4 heteroatoms. The molecule has 0 amide bonds. The van der Waals surface area contributed by atoms with Crippen LogP contribution in [-0.4, -0.2) is 20.3 Å². The van der Waals surface area contributed by atoms with Crippen LogP contribution in [0.4, 0.5) is 0 Å². The number of benzene rings is 2. The fourth-order valence-electron chi connectivity index (χ4n) is 2.12. The summed E-state index contributed by atoms with van der Waals surface area (Å²) in [4.78, 5) is 0. The summed E-state index contributed by atoms with van der Waals surface area (Å²) in [5.74, 6) is 2.29. The average Bonchev–Trinajstić information content (AvgIpc) is 2.52. The molecule has 0 aliphatic heterocycles. The van der Waals surface area contributed by atoms with Gasteiger partial charge in [0.1, 0.15) is 19.0 Å². The molecule has 118 valence electrons. The fraction of sp³-hybridized carbons (Fsp3) is 0.333. The first-order valence-electron chi connectivity index (χ1n) is 7.19. The second kappa shape index (κ2) is 7.41. The molecule has 0 unspecified atom stereocenters. The van der Waals surface area contributed by atoms with Crippen LogP contribution in [0.15, 0.2) is 30.3 Å². The zero-order valence-electron chi connectivity index (χ0n) is 13.4. The molecule has 3 nitrogen and oxygen atoms in total. The third kappa shape index (κ3) is 3.86. The first-order chi connectivity index (χ1) is 10.5. The van der Waals surface area contributed by atoms with E-state index in [0.29, 0.717) is 13.2 Å². The molecule has 0 N–H and O–H groups in total. The topological polar surface area (TPSA) is 27.7 Å². The lowest BCUT2D eigenvalue weighted by atomic mass is 10.1. The van der Waals surface area contributed by atoms with Crippen LogP contribution < -0.4 is 14.2 Å². The van der Waals surface area contributed by atoms with Crippen LogP contribution >= 0.6 is 11.6 Å². The highest BCUT2D eigenvalue weighted by molar-refractivity contribution is 6.31. The van der Waals surface area contributed by atoms with Gasteiger partial charge in [0.2, 0.25) is 0 Å². The normalized spacial score (nSPS) is 10.4. The van der Waals surface area contributed by atoms with Crippen molar-refractivity contribution in [3.63, 3.8) is 0 Å². The molecule has 0 heterocycles. The van der Waals surface area contributed by atoms with Crippen molar-refractivity contribution < 1.29 is 14.2 Å². The van der Waals surface area contributed by atoms with Gasteiger partial charge in [-0.2, -0.15) is 0 Å². The number of hydrogen-bond acceptors (Lipinski definition) is 3. The maximum atomic E-state index is 6.08. The van der Waals surface area contributed by atoms with Gasteiger partial charge in [0.15, 0.2) is 11.5 Å². The summed E-state index contributed by atoms with van der Waals surface area (Å²) in [6.07, 6.45) is 0. The van der Waals surface area contributed by atoms with Gasteiger partial charge in [0.25, 0.3) is 0 Å². The van der Waals surface area contributed by atoms with E-state index in [4.69, 9.17) is 25.8 Å². The molecular formula is C18H21ClO3. The van der Waals surface area contributed by atoms with E-state index in [-0.39, 0.29) is 0 Å². The second-order valence-electron chi connectivity index (χ2n) is 5.15. The van der Waals surface area contributed by atoms with E-state index in [2.05, 4.69) is 0 Å². The molecule has 0 saturated carbocycles. The summed E-state index contributed by atoms with van der Waals surface area (Å²) in [6.45, 7) is 6.90. The van der Waals surface area contributed by atoms with Gasteiger partial charge in [0.05, 0.1) is 7.11 Å². The van der Waals surface area contributed by atoms with E-state index in [1.807, 2.05) is 51.1 Å². The highest BCUT2D eigenvalue weighted by atomic mass is 35.5. The summed E-state index contributed by atoms with van der Waals surface area (Å²) in [5.41, 5.74) is 3.23. The summed E-state index contributed by atoms with van der Waals surface area (Å²) in [6, 6.07) is 9.58. The highest BCUT2D eigenvalue weighted by Crippen LogP contribution is 2.29. The van der Waals surface area contributed by atoms with Crippen LogP contribution in [-0.2, 0) is 0 Å². The summed E-state index contributed by atoms with van der Waals surface area (Å²) >= 11 is 6.08. The molecule has 0 spiro atoms. The predicted octanol–water partition coefficient (Wildman–Crippen LogP) is 4.73. The third-order valence-electron chi connectivity index (χ3n) is 3.59. The molecular weight excluding hydrogens is 300 g/mol. The molecule has 0 aromatic heterocycles. The Bertz CT molecular complexity index is 653.